The normalized spacial score (nSPS) is 52.2. The van der Waals surface area contributed by atoms with E-state index < -0.39 is 0 Å². The molecule has 1 saturated heterocycles. The molecule has 0 aromatic carbocycles. The van der Waals surface area contributed by atoms with Crippen molar-refractivity contribution in [2.45, 2.75) is 32.2 Å². The minimum Gasteiger partial charge on any atom is -0.324 e. The molecule has 1 heterocycles. The zero-order valence-corrected chi connectivity index (χ0v) is 7.14. The first kappa shape index (κ1) is 6.66. The summed E-state index contributed by atoms with van der Waals surface area (Å²) in [6.45, 7) is 5.16. The molecule has 1 saturated carbocycles. The van der Waals surface area contributed by atoms with Gasteiger partial charge in [-0.3, -0.25) is 0 Å². The summed E-state index contributed by atoms with van der Waals surface area (Å²) >= 11 is 0. The predicted molar refractivity (Wildman–Crippen MR) is 42.7 cm³/mol. The molecule has 0 unspecified atom stereocenters. The number of rotatable bonds is 1. The highest BCUT2D eigenvalue weighted by Gasteiger charge is 2.47. The third-order valence-electron chi connectivity index (χ3n) is 3.79. The van der Waals surface area contributed by atoms with Gasteiger partial charge >= 0.3 is 0 Å². The van der Waals surface area contributed by atoms with Gasteiger partial charge in [-0.2, -0.15) is 0 Å². The number of likely N-dealkylation sites (tertiary alicyclic amines) is 1. The van der Waals surface area contributed by atoms with E-state index in [9.17, 15) is 0 Å². The molecule has 2 rings (SSSR count). The lowest BCUT2D eigenvalue weighted by Gasteiger charge is -2.37. The van der Waals surface area contributed by atoms with Crippen molar-refractivity contribution in [1.82, 2.24) is 0 Å². The van der Waals surface area contributed by atoms with E-state index in [4.69, 9.17) is 0 Å². The average Bonchev–Trinajstić information content (AvgIpc) is 2.46. The molecular weight excluding hydrogens is 122 g/mol. The number of hydrogen-bond donors (Lipinski definition) is 0. The summed E-state index contributed by atoms with van der Waals surface area (Å²) in [5.74, 6) is 1.09. The van der Waals surface area contributed by atoms with Crippen molar-refractivity contribution >= 4 is 0 Å². The van der Waals surface area contributed by atoms with Crippen molar-refractivity contribution in [3.05, 3.63) is 0 Å². The van der Waals surface area contributed by atoms with Gasteiger partial charge < -0.3 is 4.48 Å². The molecule has 0 spiro atoms. The van der Waals surface area contributed by atoms with Gasteiger partial charge in [0.25, 0.3) is 0 Å². The van der Waals surface area contributed by atoms with Crippen LogP contribution in [0.25, 0.3) is 0 Å². The van der Waals surface area contributed by atoms with Crippen LogP contribution in [-0.4, -0.2) is 30.7 Å². The van der Waals surface area contributed by atoms with E-state index in [-0.39, 0.29) is 0 Å². The van der Waals surface area contributed by atoms with Gasteiger partial charge in [-0.1, -0.05) is 0 Å². The van der Waals surface area contributed by atoms with Gasteiger partial charge in [0.2, 0.25) is 0 Å². The first-order valence-electron chi connectivity index (χ1n) is 4.59. The van der Waals surface area contributed by atoms with E-state index in [1.807, 2.05) is 0 Å². The molecule has 2 bridgehead atoms. The zero-order chi connectivity index (χ0) is 7.19. The average molecular weight is 140 g/mol. The Balaban J connectivity index is 2.14. The first-order valence-corrected chi connectivity index (χ1v) is 4.59. The highest BCUT2D eigenvalue weighted by atomic mass is 15.4. The molecule has 1 heteroatoms. The molecule has 10 heavy (non-hydrogen) atoms. The van der Waals surface area contributed by atoms with Crippen LogP contribution in [0.15, 0.2) is 0 Å². The molecule has 0 N–H and O–H groups in total. The van der Waals surface area contributed by atoms with Crippen LogP contribution in [0.2, 0.25) is 0 Å². The maximum Gasteiger partial charge on any atom is 0.0893 e. The van der Waals surface area contributed by atoms with Crippen LogP contribution in [0.5, 0.6) is 0 Å². The molecule has 0 aromatic rings. The van der Waals surface area contributed by atoms with Gasteiger partial charge in [0.1, 0.15) is 0 Å². The SMILES string of the molecule is CC[N@+]1(C)C[C@@H]2CC[C@H]1C2. The standard InChI is InChI=1S/C9H18N/c1-3-10(2)7-8-4-5-9(10)6-8/h8-9H,3-7H2,1-2H3/q+1/t8-,9+,10-/m1/s1. The second-order valence-corrected chi connectivity index (χ2v) is 4.31. The van der Waals surface area contributed by atoms with E-state index in [1.165, 1.54) is 36.8 Å². The molecule has 0 aromatic heterocycles. The van der Waals surface area contributed by atoms with Crippen LogP contribution in [0.4, 0.5) is 0 Å². The maximum atomic E-state index is 2.43. The van der Waals surface area contributed by atoms with Gasteiger partial charge in [-0.05, 0) is 19.8 Å². The van der Waals surface area contributed by atoms with Crippen LogP contribution in [-0.2, 0) is 0 Å². The maximum absolute atomic E-state index is 2.43. The highest BCUT2D eigenvalue weighted by molar-refractivity contribution is 4.82. The van der Waals surface area contributed by atoms with E-state index in [1.54, 1.807) is 0 Å². The third kappa shape index (κ3) is 0.731. The molecule has 1 aliphatic heterocycles. The highest BCUT2D eigenvalue weighted by Crippen LogP contribution is 2.41. The molecule has 1 aliphatic carbocycles. The Labute approximate surface area is 63.6 Å². The minimum absolute atomic E-state index is 1.04. The smallest absolute Gasteiger partial charge is 0.0893 e. The summed E-state index contributed by atoms with van der Waals surface area (Å²) in [5.41, 5.74) is 0. The van der Waals surface area contributed by atoms with Gasteiger partial charge in [0.15, 0.2) is 0 Å². The fraction of sp³-hybridized carbons (Fsp3) is 1.00. The summed E-state index contributed by atoms with van der Waals surface area (Å²) in [5, 5.41) is 0. The Morgan fingerprint density at radius 3 is 2.50 bits per heavy atom. The fourth-order valence-electron chi connectivity index (χ4n) is 2.91. The molecule has 0 amide bonds. The summed E-state index contributed by atoms with van der Waals surface area (Å²) in [6.07, 6.45) is 4.57. The number of fused-ring (bicyclic) bond motifs is 2. The first-order chi connectivity index (χ1) is 4.74. The Bertz CT molecular complexity index is 144. The van der Waals surface area contributed by atoms with Crippen LogP contribution in [0.3, 0.4) is 0 Å². The van der Waals surface area contributed by atoms with E-state index in [0.29, 0.717) is 0 Å². The number of piperidine rings is 1. The van der Waals surface area contributed by atoms with E-state index in [0.717, 1.165) is 12.0 Å². The Hall–Kier alpha value is -0.0400. The summed E-state index contributed by atoms with van der Waals surface area (Å²) < 4.78 is 1.38. The van der Waals surface area contributed by atoms with Gasteiger partial charge in [-0.15, -0.1) is 0 Å². The zero-order valence-electron chi connectivity index (χ0n) is 7.14. The topological polar surface area (TPSA) is 0 Å². The molecule has 2 fully saturated rings. The van der Waals surface area contributed by atoms with Crippen LogP contribution >= 0.6 is 0 Å². The van der Waals surface area contributed by atoms with Gasteiger partial charge in [0.05, 0.1) is 26.2 Å². The lowest BCUT2D eigenvalue weighted by Crippen LogP contribution is -2.49. The van der Waals surface area contributed by atoms with E-state index in [2.05, 4.69) is 14.0 Å². The summed E-state index contributed by atoms with van der Waals surface area (Å²) in [6, 6.07) is 1.04. The minimum atomic E-state index is 1.04. The molecule has 3 atom stereocenters. The van der Waals surface area contributed by atoms with Crippen LogP contribution in [0.1, 0.15) is 26.2 Å². The molecular formula is C9H18N+. The lowest BCUT2D eigenvalue weighted by atomic mass is 10.1. The van der Waals surface area contributed by atoms with Gasteiger partial charge in [0, 0.05) is 12.3 Å². The fourth-order valence-corrected chi connectivity index (χ4v) is 2.91. The Morgan fingerprint density at radius 1 is 1.40 bits per heavy atom. The van der Waals surface area contributed by atoms with Crippen molar-refractivity contribution in [3.8, 4) is 0 Å². The lowest BCUT2D eigenvalue weighted by molar-refractivity contribution is -0.924. The van der Waals surface area contributed by atoms with Crippen molar-refractivity contribution in [2.75, 3.05) is 20.1 Å². The van der Waals surface area contributed by atoms with Crippen molar-refractivity contribution < 1.29 is 4.48 Å². The molecule has 1 nitrogen and oxygen atoms in total. The monoisotopic (exact) mass is 140 g/mol. The van der Waals surface area contributed by atoms with Crippen molar-refractivity contribution in [2.24, 2.45) is 5.92 Å². The quantitative estimate of drug-likeness (QED) is 0.486. The van der Waals surface area contributed by atoms with Crippen molar-refractivity contribution in [1.29, 1.82) is 0 Å². The predicted octanol–water partition coefficient (Wildman–Crippen LogP) is 1.64. The molecule has 58 valence electrons. The molecule has 2 aliphatic rings. The largest absolute Gasteiger partial charge is 0.324 e. The number of hydrogen-bond acceptors (Lipinski definition) is 0. The summed E-state index contributed by atoms with van der Waals surface area (Å²) in [7, 11) is 2.43. The second-order valence-electron chi connectivity index (χ2n) is 4.31. The van der Waals surface area contributed by atoms with E-state index >= 15 is 0 Å². The number of quaternary nitrogens is 1. The van der Waals surface area contributed by atoms with Crippen LogP contribution < -0.4 is 0 Å². The van der Waals surface area contributed by atoms with Crippen LogP contribution in [0, 0.1) is 5.92 Å². The Morgan fingerprint density at radius 2 is 2.20 bits per heavy atom. The Kier molecular flexibility index (Phi) is 1.31. The second kappa shape index (κ2) is 1.97. The number of nitrogens with zero attached hydrogens (tertiary/aromatic N) is 1. The van der Waals surface area contributed by atoms with Gasteiger partial charge in [-0.25, -0.2) is 0 Å². The summed E-state index contributed by atoms with van der Waals surface area (Å²) in [4.78, 5) is 0. The molecule has 0 radical (unpaired) electrons. The third-order valence-corrected chi connectivity index (χ3v) is 3.79. The van der Waals surface area contributed by atoms with Crippen molar-refractivity contribution in [3.63, 3.8) is 0 Å².